The van der Waals surface area contributed by atoms with Crippen LogP contribution in [0.25, 0.3) is 10.6 Å². The number of hydrogen-bond donors (Lipinski definition) is 2. The summed E-state index contributed by atoms with van der Waals surface area (Å²) in [4.78, 5) is 15.1. The van der Waals surface area contributed by atoms with Gasteiger partial charge in [-0.2, -0.15) is 8.42 Å². The lowest BCUT2D eigenvalue weighted by Gasteiger charge is -2.11. The van der Waals surface area contributed by atoms with Crippen LogP contribution in [0.5, 0.6) is 5.75 Å². The lowest BCUT2D eigenvalue weighted by Crippen LogP contribution is -2.14. The molecular formula is C17H13FN2O5S2. The fourth-order valence-corrected chi connectivity index (χ4v) is 4.40. The second kappa shape index (κ2) is 7.33. The number of ether oxygens (including phenoxy) is 1. The van der Waals surface area contributed by atoms with Crippen molar-refractivity contribution in [3.63, 3.8) is 0 Å². The van der Waals surface area contributed by atoms with Gasteiger partial charge in [-0.1, -0.05) is 12.1 Å². The minimum atomic E-state index is -4.05. The van der Waals surface area contributed by atoms with Crippen LogP contribution in [-0.4, -0.2) is 31.6 Å². The quantitative estimate of drug-likeness (QED) is 0.647. The van der Waals surface area contributed by atoms with Crippen molar-refractivity contribution in [2.75, 3.05) is 11.8 Å². The highest BCUT2D eigenvalue weighted by Gasteiger charge is 2.21. The molecule has 0 amide bonds. The molecule has 0 fully saturated rings. The minimum Gasteiger partial charge on any atom is -0.495 e. The Labute approximate surface area is 158 Å². The van der Waals surface area contributed by atoms with Gasteiger partial charge in [0, 0.05) is 10.9 Å². The highest BCUT2D eigenvalue weighted by atomic mass is 32.2. The molecule has 0 atom stereocenters. The van der Waals surface area contributed by atoms with Crippen LogP contribution < -0.4 is 9.46 Å². The molecule has 27 heavy (non-hydrogen) atoms. The predicted octanol–water partition coefficient (Wildman–Crippen LogP) is 3.46. The number of aromatic carboxylic acids is 1. The predicted molar refractivity (Wildman–Crippen MR) is 98.3 cm³/mol. The van der Waals surface area contributed by atoms with Crippen molar-refractivity contribution in [2.45, 2.75) is 5.03 Å². The summed E-state index contributed by atoms with van der Waals surface area (Å²) in [6, 6.07) is 9.42. The summed E-state index contributed by atoms with van der Waals surface area (Å²) >= 11 is 1.06. The number of benzene rings is 2. The third kappa shape index (κ3) is 4.07. The topological polar surface area (TPSA) is 106 Å². The Kier molecular flexibility index (Phi) is 5.10. The number of hydrogen-bond acceptors (Lipinski definition) is 6. The van der Waals surface area contributed by atoms with Gasteiger partial charge in [-0.25, -0.2) is 14.2 Å². The molecule has 0 aliphatic heterocycles. The van der Waals surface area contributed by atoms with E-state index in [9.17, 15) is 17.6 Å². The maximum Gasteiger partial charge on any atom is 0.335 e. The van der Waals surface area contributed by atoms with E-state index in [2.05, 4.69) is 9.71 Å². The van der Waals surface area contributed by atoms with E-state index in [1.807, 2.05) is 0 Å². The molecule has 0 aliphatic rings. The number of carboxylic acid groups (broad SMARTS) is 1. The van der Waals surface area contributed by atoms with Gasteiger partial charge in [0.1, 0.15) is 16.6 Å². The SMILES string of the molecule is COc1cc(C(=O)O)ccc1NS(=O)(=O)c1csc(-c2cccc(F)c2)n1. The summed E-state index contributed by atoms with van der Waals surface area (Å²) in [7, 11) is -2.75. The van der Waals surface area contributed by atoms with Crippen molar-refractivity contribution < 1.29 is 27.4 Å². The Morgan fingerprint density at radius 1 is 1.26 bits per heavy atom. The second-order valence-electron chi connectivity index (χ2n) is 5.33. The van der Waals surface area contributed by atoms with Gasteiger partial charge >= 0.3 is 5.97 Å². The Balaban J connectivity index is 1.91. The van der Waals surface area contributed by atoms with Crippen molar-refractivity contribution in [3.8, 4) is 16.3 Å². The number of thiazole rings is 1. The number of rotatable bonds is 6. The molecule has 140 valence electrons. The Hall–Kier alpha value is -2.98. The average molecular weight is 408 g/mol. The van der Waals surface area contributed by atoms with Crippen molar-refractivity contribution in [1.29, 1.82) is 0 Å². The Morgan fingerprint density at radius 3 is 2.70 bits per heavy atom. The summed E-state index contributed by atoms with van der Waals surface area (Å²) in [5.41, 5.74) is 0.490. The highest BCUT2D eigenvalue weighted by molar-refractivity contribution is 7.92. The van der Waals surface area contributed by atoms with E-state index in [0.717, 1.165) is 11.3 Å². The molecular weight excluding hydrogens is 395 g/mol. The number of methoxy groups -OCH3 is 1. The number of nitrogens with one attached hydrogen (secondary N) is 1. The number of carboxylic acids is 1. The van der Waals surface area contributed by atoms with E-state index in [1.54, 1.807) is 6.07 Å². The van der Waals surface area contributed by atoms with Crippen LogP contribution in [0.3, 0.4) is 0 Å². The second-order valence-corrected chi connectivity index (χ2v) is 7.81. The molecule has 1 heterocycles. The average Bonchev–Trinajstić information content (AvgIpc) is 3.13. The van der Waals surface area contributed by atoms with E-state index in [0.29, 0.717) is 10.6 Å². The van der Waals surface area contributed by atoms with Crippen LogP contribution in [0, 0.1) is 5.82 Å². The van der Waals surface area contributed by atoms with Crippen LogP contribution in [0.1, 0.15) is 10.4 Å². The fraction of sp³-hybridized carbons (Fsp3) is 0.0588. The molecule has 1 aromatic heterocycles. The highest BCUT2D eigenvalue weighted by Crippen LogP contribution is 2.30. The molecule has 0 bridgehead atoms. The fourth-order valence-electron chi connectivity index (χ4n) is 2.24. The molecule has 0 saturated carbocycles. The monoisotopic (exact) mass is 408 g/mol. The first-order valence-corrected chi connectivity index (χ1v) is 9.82. The minimum absolute atomic E-state index is 0.0446. The summed E-state index contributed by atoms with van der Waals surface area (Å²) in [6.45, 7) is 0. The first-order chi connectivity index (χ1) is 12.8. The number of sulfonamides is 1. The standard InChI is InChI=1S/C17H13FN2O5S2/c1-25-14-8-11(17(21)22)5-6-13(14)20-27(23,24)15-9-26-16(19-15)10-3-2-4-12(18)7-10/h2-9,20H,1H3,(H,21,22). The molecule has 3 aromatic rings. The summed E-state index contributed by atoms with van der Waals surface area (Å²) < 4.78 is 45.9. The van der Waals surface area contributed by atoms with Crippen molar-refractivity contribution in [2.24, 2.45) is 0 Å². The van der Waals surface area contributed by atoms with Crippen LogP contribution in [0.2, 0.25) is 0 Å². The molecule has 10 heteroatoms. The molecule has 0 spiro atoms. The molecule has 2 aromatic carbocycles. The van der Waals surface area contributed by atoms with Gasteiger partial charge in [0.25, 0.3) is 10.0 Å². The Bertz CT molecular complexity index is 1110. The molecule has 0 saturated heterocycles. The normalized spacial score (nSPS) is 11.2. The number of halogens is 1. The van der Waals surface area contributed by atoms with Crippen molar-refractivity contribution >= 4 is 33.0 Å². The van der Waals surface area contributed by atoms with Gasteiger partial charge in [0.05, 0.1) is 18.4 Å². The summed E-state index contributed by atoms with van der Waals surface area (Å²) in [5, 5.41) is 10.5. The molecule has 7 nitrogen and oxygen atoms in total. The number of aromatic nitrogens is 1. The van der Waals surface area contributed by atoms with E-state index in [-0.39, 0.29) is 22.0 Å². The maximum absolute atomic E-state index is 13.3. The van der Waals surface area contributed by atoms with E-state index in [4.69, 9.17) is 9.84 Å². The summed E-state index contributed by atoms with van der Waals surface area (Å²) in [6.07, 6.45) is 0. The summed E-state index contributed by atoms with van der Waals surface area (Å²) in [5.74, 6) is -1.56. The van der Waals surface area contributed by atoms with Crippen LogP contribution in [-0.2, 0) is 10.0 Å². The van der Waals surface area contributed by atoms with E-state index < -0.39 is 21.8 Å². The van der Waals surface area contributed by atoms with Crippen molar-refractivity contribution in [1.82, 2.24) is 4.98 Å². The zero-order valence-electron chi connectivity index (χ0n) is 13.8. The van der Waals surface area contributed by atoms with Gasteiger partial charge in [-0.05, 0) is 30.3 Å². The third-order valence-corrected chi connectivity index (χ3v) is 5.81. The smallest absolute Gasteiger partial charge is 0.335 e. The van der Waals surface area contributed by atoms with E-state index >= 15 is 0 Å². The van der Waals surface area contributed by atoms with Gasteiger partial charge in [0.2, 0.25) is 0 Å². The maximum atomic E-state index is 13.3. The molecule has 0 unspecified atom stereocenters. The van der Waals surface area contributed by atoms with Gasteiger partial charge in [-0.15, -0.1) is 11.3 Å². The van der Waals surface area contributed by atoms with Crippen molar-refractivity contribution in [3.05, 3.63) is 59.2 Å². The molecule has 0 radical (unpaired) electrons. The molecule has 3 rings (SSSR count). The third-order valence-electron chi connectivity index (χ3n) is 3.52. The van der Waals surface area contributed by atoms with Gasteiger partial charge < -0.3 is 9.84 Å². The molecule has 0 aliphatic carbocycles. The lowest BCUT2D eigenvalue weighted by atomic mass is 10.2. The zero-order chi connectivity index (χ0) is 19.6. The Morgan fingerprint density at radius 2 is 2.04 bits per heavy atom. The number of carbonyl (C=O) groups is 1. The van der Waals surface area contributed by atoms with Crippen LogP contribution >= 0.6 is 11.3 Å². The lowest BCUT2D eigenvalue weighted by molar-refractivity contribution is 0.0696. The largest absolute Gasteiger partial charge is 0.495 e. The zero-order valence-corrected chi connectivity index (χ0v) is 15.5. The number of nitrogens with zero attached hydrogens (tertiary/aromatic N) is 1. The van der Waals surface area contributed by atoms with Crippen LogP contribution in [0.15, 0.2) is 52.9 Å². The number of anilines is 1. The van der Waals surface area contributed by atoms with Gasteiger partial charge in [0.15, 0.2) is 5.03 Å². The van der Waals surface area contributed by atoms with Gasteiger partial charge in [-0.3, -0.25) is 4.72 Å². The first kappa shape index (κ1) is 18.8. The molecule has 2 N–H and O–H groups in total. The first-order valence-electron chi connectivity index (χ1n) is 7.46. The van der Waals surface area contributed by atoms with Crippen LogP contribution in [0.4, 0.5) is 10.1 Å². The van der Waals surface area contributed by atoms with E-state index in [1.165, 1.54) is 48.9 Å².